The van der Waals surface area contributed by atoms with Crippen molar-refractivity contribution in [3.05, 3.63) is 23.0 Å². The van der Waals surface area contributed by atoms with Crippen molar-refractivity contribution in [3.8, 4) is 22.9 Å². The first-order valence-corrected chi connectivity index (χ1v) is 6.93. The molecule has 0 unspecified atom stereocenters. The zero-order valence-electron chi connectivity index (χ0n) is 11.7. The molecule has 1 aromatic carbocycles. The minimum atomic E-state index is -0.263. The van der Waals surface area contributed by atoms with Crippen LogP contribution in [0, 0.1) is 0 Å². The first-order chi connectivity index (χ1) is 10.1. The molecular weight excluding hydrogens is 296 g/mol. The summed E-state index contributed by atoms with van der Waals surface area (Å²) in [6.45, 7) is 0. The Morgan fingerprint density at radius 3 is 2.67 bits per heavy atom. The summed E-state index contributed by atoms with van der Waals surface area (Å²) in [6.07, 6.45) is 1.06. The summed E-state index contributed by atoms with van der Waals surface area (Å²) in [4.78, 5) is 4.37. The Kier molecular flexibility index (Phi) is 3.73. The summed E-state index contributed by atoms with van der Waals surface area (Å²) in [5.74, 6) is 2.09. The molecule has 1 N–H and O–H groups in total. The second-order valence-corrected chi connectivity index (χ2v) is 5.38. The highest BCUT2D eigenvalue weighted by Gasteiger charge is 2.33. The number of hydrogen-bond donors (Lipinski definition) is 1. The van der Waals surface area contributed by atoms with Gasteiger partial charge < -0.3 is 19.1 Å². The van der Waals surface area contributed by atoms with Gasteiger partial charge in [0.1, 0.15) is 0 Å². The van der Waals surface area contributed by atoms with Crippen LogP contribution in [0.4, 0.5) is 0 Å². The number of methoxy groups -OCH3 is 2. The summed E-state index contributed by atoms with van der Waals surface area (Å²) in [6, 6.07) is 3.45. The van der Waals surface area contributed by atoms with E-state index in [1.54, 1.807) is 12.1 Å². The van der Waals surface area contributed by atoms with Gasteiger partial charge in [-0.25, -0.2) is 0 Å². The number of halogens is 1. The van der Waals surface area contributed by atoms with Crippen molar-refractivity contribution in [2.75, 3.05) is 14.2 Å². The topological polar surface area (TPSA) is 77.6 Å². The highest BCUT2D eigenvalue weighted by Crippen LogP contribution is 2.40. The number of benzene rings is 1. The number of hydrogen-bond acceptors (Lipinski definition) is 6. The zero-order valence-corrected chi connectivity index (χ0v) is 12.4. The second-order valence-electron chi connectivity index (χ2n) is 4.97. The third-order valence-corrected chi connectivity index (χ3v) is 3.88. The lowest BCUT2D eigenvalue weighted by atomic mass is 9.82. The normalized spacial score (nSPS) is 21.0. The average Bonchev–Trinajstić information content (AvgIpc) is 2.92. The van der Waals surface area contributed by atoms with Gasteiger partial charge in [0.15, 0.2) is 11.5 Å². The summed E-state index contributed by atoms with van der Waals surface area (Å²) in [5.41, 5.74) is 0.688. The Morgan fingerprint density at radius 1 is 1.29 bits per heavy atom. The molecule has 21 heavy (non-hydrogen) atoms. The number of nitrogens with zero attached hydrogens (tertiary/aromatic N) is 2. The minimum absolute atomic E-state index is 0.136. The van der Waals surface area contributed by atoms with E-state index in [1.165, 1.54) is 14.2 Å². The highest BCUT2D eigenvalue weighted by molar-refractivity contribution is 6.32. The number of aliphatic hydroxyl groups excluding tert-OH is 1. The molecule has 1 fully saturated rings. The fraction of sp³-hybridized carbons (Fsp3) is 0.429. The van der Waals surface area contributed by atoms with E-state index in [2.05, 4.69) is 10.1 Å². The maximum absolute atomic E-state index is 9.33. The van der Waals surface area contributed by atoms with E-state index in [0.29, 0.717) is 46.6 Å². The molecule has 2 aromatic rings. The van der Waals surface area contributed by atoms with Crippen molar-refractivity contribution >= 4 is 11.6 Å². The number of ether oxygens (including phenoxy) is 2. The Morgan fingerprint density at radius 2 is 2.05 bits per heavy atom. The standard InChI is InChI=1S/C14H15ClN2O4/c1-19-11-6-7(5-10(15)12(11)20-2)13-16-14(21-17-13)8-3-9(18)4-8/h5-6,8-9,18H,3-4H2,1-2H3. The maximum Gasteiger partial charge on any atom is 0.230 e. The van der Waals surface area contributed by atoms with Crippen LogP contribution in [0.2, 0.25) is 5.02 Å². The van der Waals surface area contributed by atoms with Crippen LogP contribution in [-0.2, 0) is 0 Å². The third-order valence-electron chi connectivity index (χ3n) is 3.60. The van der Waals surface area contributed by atoms with Crippen LogP contribution in [0.3, 0.4) is 0 Å². The number of rotatable bonds is 4. The van der Waals surface area contributed by atoms with Crippen molar-refractivity contribution < 1.29 is 19.1 Å². The molecule has 1 heterocycles. The Balaban J connectivity index is 1.92. The Labute approximate surface area is 126 Å². The third kappa shape index (κ3) is 2.56. The summed E-state index contributed by atoms with van der Waals surface area (Å²) < 4.78 is 15.7. The Hall–Kier alpha value is -1.79. The van der Waals surface area contributed by atoms with Gasteiger partial charge in [-0.05, 0) is 25.0 Å². The molecule has 0 bridgehead atoms. The highest BCUT2D eigenvalue weighted by atomic mass is 35.5. The fourth-order valence-corrected chi connectivity index (χ4v) is 2.64. The quantitative estimate of drug-likeness (QED) is 0.935. The number of aliphatic hydroxyl groups is 1. The van der Waals surface area contributed by atoms with Crippen LogP contribution in [0.25, 0.3) is 11.4 Å². The van der Waals surface area contributed by atoms with Crippen molar-refractivity contribution in [1.29, 1.82) is 0 Å². The monoisotopic (exact) mass is 310 g/mol. The molecule has 0 spiro atoms. The molecule has 0 atom stereocenters. The van der Waals surface area contributed by atoms with Gasteiger partial charge in [0.2, 0.25) is 11.7 Å². The van der Waals surface area contributed by atoms with E-state index >= 15 is 0 Å². The summed E-state index contributed by atoms with van der Waals surface area (Å²) in [5, 5.41) is 13.7. The van der Waals surface area contributed by atoms with Crippen molar-refractivity contribution in [2.45, 2.75) is 24.9 Å². The van der Waals surface area contributed by atoms with Gasteiger partial charge in [-0.1, -0.05) is 16.8 Å². The molecule has 1 aliphatic rings. The van der Waals surface area contributed by atoms with Gasteiger partial charge in [-0.15, -0.1) is 0 Å². The van der Waals surface area contributed by atoms with Gasteiger partial charge in [0.25, 0.3) is 0 Å². The Bertz CT molecular complexity index is 652. The molecule has 7 heteroatoms. The van der Waals surface area contributed by atoms with Crippen LogP contribution in [-0.4, -0.2) is 35.6 Å². The average molecular weight is 311 g/mol. The van der Waals surface area contributed by atoms with E-state index in [9.17, 15) is 5.11 Å². The zero-order chi connectivity index (χ0) is 15.0. The molecule has 1 aliphatic carbocycles. The SMILES string of the molecule is COc1cc(-c2noc(C3CC(O)C3)n2)cc(Cl)c1OC. The van der Waals surface area contributed by atoms with Crippen LogP contribution >= 0.6 is 11.6 Å². The maximum atomic E-state index is 9.33. The summed E-state index contributed by atoms with van der Waals surface area (Å²) >= 11 is 6.17. The molecule has 0 radical (unpaired) electrons. The number of aromatic nitrogens is 2. The van der Waals surface area contributed by atoms with Gasteiger partial charge in [-0.2, -0.15) is 4.98 Å². The molecule has 1 saturated carbocycles. The molecule has 0 saturated heterocycles. The van der Waals surface area contributed by atoms with Crippen molar-refractivity contribution in [3.63, 3.8) is 0 Å². The second kappa shape index (κ2) is 5.54. The molecule has 3 rings (SSSR count). The molecule has 0 aliphatic heterocycles. The molecule has 112 valence electrons. The smallest absolute Gasteiger partial charge is 0.230 e. The lowest BCUT2D eigenvalue weighted by Gasteiger charge is -2.27. The van der Waals surface area contributed by atoms with Gasteiger partial charge in [0, 0.05) is 11.5 Å². The van der Waals surface area contributed by atoms with E-state index in [-0.39, 0.29) is 12.0 Å². The van der Waals surface area contributed by atoms with E-state index in [4.69, 9.17) is 25.6 Å². The largest absolute Gasteiger partial charge is 0.493 e. The van der Waals surface area contributed by atoms with Crippen LogP contribution < -0.4 is 9.47 Å². The lowest BCUT2D eigenvalue weighted by molar-refractivity contribution is 0.0625. The van der Waals surface area contributed by atoms with Gasteiger partial charge in [0.05, 0.1) is 25.3 Å². The van der Waals surface area contributed by atoms with Crippen LogP contribution in [0.15, 0.2) is 16.7 Å². The fourth-order valence-electron chi connectivity index (χ4n) is 2.35. The van der Waals surface area contributed by atoms with E-state index < -0.39 is 0 Å². The van der Waals surface area contributed by atoms with Crippen molar-refractivity contribution in [1.82, 2.24) is 10.1 Å². The lowest BCUT2D eigenvalue weighted by Crippen LogP contribution is -2.26. The van der Waals surface area contributed by atoms with E-state index in [0.717, 1.165) is 0 Å². The predicted octanol–water partition coefficient (Wildman–Crippen LogP) is 2.65. The minimum Gasteiger partial charge on any atom is -0.493 e. The van der Waals surface area contributed by atoms with Gasteiger partial charge >= 0.3 is 0 Å². The first-order valence-electron chi connectivity index (χ1n) is 6.56. The molecule has 1 aromatic heterocycles. The van der Waals surface area contributed by atoms with Crippen LogP contribution in [0.1, 0.15) is 24.7 Å². The molecular formula is C14H15ClN2O4. The predicted molar refractivity (Wildman–Crippen MR) is 75.8 cm³/mol. The van der Waals surface area contributed by atoms with Crippen LogP contribution in [0.5, 0.6) is 11.5 Å². The van der Waals surface area contributed by atoms with Crippen molar-refractivity contribution in [2.24, 2.45) is 0 Å². The van der Waals surface area contributed by atoms with Gasteiger partial charge in [-0.3, -0.25) is 0 Å². The molecule has 6 nitrogen and oxygen atoms in total. The molecule has 0 amide bonds. The summed E-state index contributed by atoms with van der Waals surface area (Å²) in [7, 11) is 3.06. The first kappa shape index (κ1) is 14.2. The van der Waals surface area contributed by atoms with E-state index in [1.807, 2.05) is 0 Å².